The number of fused-ring (bicyclic) bond motifs is 7. The summed E-state index contributed by atoms with van der Waals surface area (Å²) in [6.45, 7) is 0. The third kappa shape index (κ3) is 5.05. The van der Waals surface area contributed by atoms with Crippen LogP contribution in [0.4, 0.5) is 0 Å². The monoisotopic (exact) mass is 693 g/mol. The molecule has 5 nitrogen and oxygen atoms in total. The van der Waals surface area contributed by atoms with E-state index in [1.54, 1.807) is 0 Å². The fourth-order valence-corrected chi connectivity index (χ4v) is 8.02. The molecule has 0 saturated heterocycles. The van der Waals surface area contributed by atoms with Crippen LogP contribution in [0, 0.1) is 0 Å². The number of aromatic nitrogens is 3. The highest BCUT2D eigenvalue weighted by molar-refractivity contribution is 6.09. The maximum Gasteiger partial charge on any atom is 0.167 e. The van der Waals surface area contributed by atoms with Crippen molar-refractivity contribution < 1.29 is 9.15 Å². The first-order valence-electron chi connectivity index (χ1n) is 18.3. The van der Waals surface area contributed by atoms with Crippen molar-refractivity contribution in [3.05, 3.63) is 182 Å². The van der Waals surface area contributed by atoms with Gasteiger partial charge < -0.3 is 9.15 Å². The van der Waals surface area contributed by atoms with Crippen molar-refractivity contribution in [1.29, 1.82) is 0 Å². The molecule has 0 amide bonds. The maximum absolute atomic E-state index is 6.62. The molecule has 0 radical (unpaired) electrons. The Morgan fingerprint density at radius 3 is 1.91 bits per heavy atom. The van der Waals surface area contributed by atoms with Crippen molar-refractivity contribution in [2.75, 3.05) is 0 Å². The average Bonchev–Trinajstić information content (AvgIpc) is 3.82. The minimum atomic E-state index is -0.0962. The molecule has 2 atom stereocenters. The van der Waals surface area contributed by atoms with Crippen LogP contribution in [0.2, 0.25) is 0 Å². The van der Waals surface area contributed by atoms with Gasteiger partial charge in [0.15, 0.2) is 17.5 Å². The van der Waals surface area contributed by atoms with Crippen LogP contribution in [-0.2, 0) is 0 Å². The second-order valence-corrected chi connectivity index (χ2v) is 13.9. The van der Waals surface area contributed by atoms with E-state index in [4.69, 9.17) is 24.1 Å². The summed E-state index contributed by atoms with van der Waals surface area (Å²) in [4.78, 5) is 15.8. The molecule has 3 heterocycles. The topological polar surface area (TPSA) is 61.0 Å². The molecule has 1 aliphatic carbocycles. The number of hydrogen-bond donors (Lipinski definition) is 0. The van der Waals surface area contributed by atoms with E-state index in [0.29, 0.717) is 17.5 Å². The van der Waals surface area contributed by atoms with Crippen LogP contribution < -0.4 is 4.74 Å². The van der Waals surface area contributed by atoms with Crippen molar-refractivity contribution in [3.63, 3.8) is 0 Å². The summed E-state index contributed by atoms with van der Waals surface area (Å²) in [5.41, 5.74) is 9.80. The molecule has 0 bridgehead atoms. The molecule has 0 N–H and O–H groups in total. The zero-order valence-electron chi connectivity index (χ0n) is 29.1. The van der Waals surface area contributed by atoms with Crippen LogP contribution in [0.5, 0.6) is 5.75 Å². The van der Waals surface area contributed by atoms with Gasteiger partial charge in [-0.1, -0.05) is 133 Å². The number of allylic oxidation sites excluding steroid dienone is 2. The van der Waals surface area contributed by atoms with E-state index in [1.807, 2.05) is 36.4 Å². The van der Waals surface area contributed by atoms with E-state index >= 15 is 0 Å². The number of furan rings is 1. The second-order valence-electron chi connectivity index (χ2n) is 13.9. The molecular formula is C49H31N3O2. The van der Waals surface area contributed by atoms with Gasteiger partial charge >= 0.3 is 0 Å². The number of rotatable bonds is 5. The summed E-state index contributed by atoms with van der Waals surface area (Å²) in [6.07, 6.45) is 8.40. The zero-order chi connectivity index (χ0) is 35.6. The highest BCUT2D eigenvalue weighted by Gasteiger charge is 2.36. The molecule has 1 aliphatic heterocycles. The Balaban J connectivity index is 1.14. The highest BCUT2D eigenvalue weighted by atomic mass is 16.5. The normalized spacial score (nSPS) is 15.8. The lowest BCUT2D eigenvalue weighted by atomic mass is 9.87. The van der Waals surface area contributed by atoms with Gasteiger partial charge in [-0.25, -0.2) is 15.0 Å². The van der Waals surface area contributed by atoms with Gasteiger partial charge in [-0.15, -0.1) is 0 Å². The number of ether oxygens (including phenoxy) is 1. The average molecular weight is 694 g/mol. The minimum Gasteiger partial charge on any atom is -0.485 e. The van der Waals surface area contributed by atoms with Crippen LogP contribution in [0.3, 0.4) is 0 Å². The first-order chi connectivity index (χ1) is 26.7. The predicted octanol–water partition coefficient (Wildman–Crippen LogP) is 12.2. The molecule has 5 heteroatoms. The lowest BCUT2D eigenvalue weighted by Gasteiger charge is -2.17. The van der Waals surface area contributed by atoms with Gasteiger partial charge in [-0.3, -0.25) is 0 Å². The Morgan fingerprint density at radius 1 is 0.444 bits per heavy atom. The van der Waals surface area contributed by atoms with E-state index in [1.165, 1.54) is 11.1 Å². The molecular weight excluding hydrogens is 663 g/mol. The molecule has 54 heavy (non-hydrogen) atoms. The Morgan fingerprint density at radius 2 is 1.09 bits per heavy atom. The van der Waals surface area contributed by atoms with Crippen molar-refractivity contribution >= 4 is 32.7 Å². The Kier molecular flexibility index (Phi) is 6.92. The molecule has 0 fully saturated rings. The van der Waals surface area contributed by atoms with Crippen molar-refractivity contribution in [3.8, 4) is 62.2 Å². The van der Waals surface area contributed by atoms with Gasteiger partial charge in [0.25, 0.3) is 0 Å². The zero-order valence-corrected chi connectivity index (χ0v) is 29.1. The van der Waals surface area contributed by atoms with Gasteiger partial charge in [0.1, 0.15) is 23.0 Å². The van der Waals surface area contributed by atoms with E-state index in [-0.39, 0.29) is 12.0 Å². The minimum absolute atomic E-state index is 0.0340. The molecule has 0 spiro atoms. The van der Waals surface area contributed by atoms with Crippen molar-refractivity contribution in [1.82, 2.24) is 15.0 Å². The van der Waals surface area contributed by atoms with Crippen LogP contribution in [0.1, 0.15) is 11.5 Å². The van der Waals surface area contributed by atoms with Gasteiger partial charge in [-0.2, -0.15) is 0 Å². The molecule has 11 rings (SSSR count). The van der Waals surface area contributed by atoms with Crippen LogP contribution in [0.15, 0.2) is 180 Å². The Bertz CT molecular complexity index is 2980. The number of para-hydroxylation sites is 2. The fraction of sp³-hybridized carbons (Fsp3) is 0.0408. The fourth-order valence-electron chi connectivity index (χ4n) is 8.02. The van der Waals surface area contributed by atoms with Crippen molar-refractivity contribution in [2.45, 2.75) is 12.0 Å². The SMILES string of the molecule is C1=CC2Oc3cc(-c4ccccc4)cc(-c4nc(-c5ccc6cc(-c7ccccc7)ccc6c5)nc(-c5cccc6c5oc5ccccc56)n4)c3C2C=C1. The van der Waals surface area contributed by atoms with E-state index < -0.39 is 0 Å². The van der Waals surface area contributed by atoms with Gasteiger partial charge in [0, 0.05) is 33.4 Å². The number of nitrogens with zero attached hydrogens (tertiary/aromatic N) is 3. The summed E-state index contributed by atoms with van der Waals surface area (Å²) in [6, 6.07) is 52.6. The Labute approximate surface area is 311 Å². The lowest BCUT2D eigenvalue weighted by molar-refractivity contribution is 0.269. The summed E-state index contributed by atoms with van der Waals surface area (Å²) in [5, 5.41) is 4.34. The number of benzene rings is 7. The van der Waals surface area contributed by atoms with E-state index in [0.717, 1.165) is 71.8 Å². The van der Waals surface area contributed by atoms with Crippen LogP contribution in [-0.4, -0.2) is 21.1 Å². The lowest BCUT2D eigenvalue weighted by Crippen LogP contribution is -2.16. The Hall–Kier alpha value is -7.11. The standard InChI is InChI=1S/C49H31N3O2/c1-3-12-30(13-4-1)32-22-23-34-27-35(25-24-33(34)26-32)47-50-48(40-19-11-18-38-37-16-7-9-20-42(37)54-46(38)40)52-49(51-47)41-28-36(31-14-5-2-6-15-31)29-44-45(41)39-17-8-10-21-43(39)53-44/h1-29,39,43H. The summed E-state index contributed by atoms with van der Waals surface area (Å²) in [7, 11) is 0. The van der Waals surface area contributed by atoms with E-state index in [2.05, 4.69) is 140 Å². The smallest absolute Gasteiger partial charge is 0.167 e. The molecule has 2 unspecified atom stereocenters. The summed E-state index contributed by atoms with van der Waals surface area (Å²) >= 11 is 0. The largest absolute Gasteiger partial charge is 0.485 e. The van der Waals surface area contributed by atoms with Gasteiger partial charge in [-0.05, 0) is 75.5 Å². The first kappa shape index (κ1) is 30.5. The van der Waals surface area contributed by atoms with E-state index in [9.17, 15) is 0 Å². The third-order valence-corrected chi connectivity index (χ3v) is 10.7. The number of hydrogen-bond acceptors (Lipinski definition) is 5. The van der Waals surface area contributed by atoms with Crippen molar-refractivity contribution in [2.24, 2.45) is 0 Å². The molecule has 254 valence electrons. The predicted molar refractivity (Wildman–Crippen MR) is 217 cm³/mol. The second kappa shape index (κ2) is 12.2. The van der Waals surface area contributed by atoms with Crippen LogP contribution >= 0.6 is 0 Å². The molecule has 2 aromatic heterocycles. The van der Waals surface area contributed by atoms with Gasteiger partial charge in [0.2, 0.25) is 0 Å². The first-order valence-corrected chi connectivity index (χ1v) is 18.3. The summed E-state index contributed by atoms with van der Waals surface area (Å²) in [5.74, 6) is 2.61. The van der Waals surface area contributed by atoms with Gasteiger partial charge in [0.05, 0.1) is 5.56 Å². The summed E-state index contributed by atoms with van der Waals surface area (Å²) < 4.78 is 13.1. The van der Waals surface area contributed by atoms with Crippen LogP contribution in [0.25, 0.3) is 89.1 Å². The molecule has 2 aliphatic rings. The third-order valence-electron chi connectivity index (χ3n) is 10.7. The molecule has 0 saturated carbocycles. The molecule has 7 aromatic carbocycles. The highest BCUT2D eigenvalue weighted by Crippen LogP contribution is 2.48. The maximum atomic E-state index is 6.62. The quantitative estimate of drug-likeness (QED) is 0.180. The molecule has 9 aromatic rings.